The van der Waals surface area contributed by atoms with Crippen molar-refractivity contribution in [3.8, 4) is 5.75 Å². The predicted octanol–water partition coefficient (Wildman–Crippen LogP) is 2.24. The summed E-state index contributed by atoms with van der Waals surface area (Å²) in [6.45, 7) is 9.12. The molecular formula is C17H25N3O3. The zero-order chi connectivity index (χ0) is 17.0. The van der Waals surface area contributed by atoms with Gasteiger partial charge < -0.3 is 19.9 Å². The lowest BCUT2D eigenvalue weighted by Crippen LogP contribution is -2.60. The smallest absolute Gasteiger partial charge is 0.318 e. The molecule has 0 bridgehead atoms. The van der Waals surface area contributed by atoms with Crippen molar-refractivity contribution >= 4 is 17.6 Å². The SMILES string of the molecule is CCOc1ccc(N2CCN(C(=O)NC(C)C)C(C)C2=O)cc1. The van der Waals surface area contributed by atoms with Crippen LogP contribution >= 0.6 is 0 Å². The summed E-state index contributed by atoms with van der Waals surface area (Å²) in [5.41, 5.74) is 0.828. The Kier molecular flexibility index (Phi) is 5.47. The Morgan fingerprint density at radius 2 is 1.96 bits per heavy atom. The lowest BCUT2D eigenvalue weighted by Gasteiger charge is -2.39. The second kappa shape index (κ2) is 7.35. The van der Waals surface area contributed by atoms with E-state index in [2.05, 4.69) is 5.32 Å². The summed E-state index contributed by atoms with van der Waals surface area (Å²) in [5, 5.41) is 2.84. The van der Waals surface area contributed by atoms with Crippen LogP contribution in [0.3, 0.4) is 0 Å². The minimum atomic E-state index is -0.478. The van der Waals surface area contributed by atoms with Gasteiger partial charge in [0.25, 0.3) is 0 Å². The molecule has 0 spiro atoms. The largest absolute Gasteiger partial charge is 0.494 e. The van der Waals surface area contributed by atoms with Crippen LogP contribution in [0.4, 0.5) is 10.5 Å². The van der Waals surface area contributed by atoms with Crippen LogP contribution in [-0.2, 0) is 4.79 Å². The van der Waals surface area contributed by atoms with E-state index in [-0.39, 0.29) is 18.0 Å². The average Bonchev–Trinajstić information content (AvgIpc) is 2.50. The number of carbonyl (C=O) groups excluding carboxylic acids is 2. The van der Waals surface area contributed by atoms with Crippen molar-refractivity contribution in [2.75, 3.05) is 24.6 Å². The summed E-state index contributed by atoms with van der Waals surface area (Å²) in [5.74, 6) is 0.714. The van der Waals surface area contributed by atoms with Gasteiger partial charge in [-0.25, -0.2) is 4.79 Å². The fourth-order valence-electron chi connectivity index (χ4n) is 2.62. The minimum absolute atomic E-state index is 0.0499. The van der Waals surface area contributed by atoms with Crippen molar-refractivity contribution in [3.05, 3.63) is 24.3 Å². The number of hydrogen-bond acceptors (Lipinski definition) is 3. The van der Waals surface area contributed by atoms with Crippen molar-refractivity contribution < 1.29 is 14.3 Å². The summed E-state index contributed by atoms with van der Waals surface area (Å²) in [6, 6.07) is 6.84. The van der Waals surface area contributed by atoms with Crippen molar-refractivity contribution in [2.24, 2.45) is 0 Å². The van der Waals surface area contributed by atoms with Crippen LogP contribution in [0.25, 0.3) is 0 Å². The quantitative estimate of drug-likeness (QED) is 0.926. The second-order valence-electron chi connectivity index (χ2n) is 5.89. The van der Waals surface area contributed by atoms with E-state index in [9.17, 15) is 9.59 Å². The molecule has 0 aromatic heterocycles. The van der Waals surface area contributed by atoms with Crippen molar-refractivity contribution in [1.82, 2.24) is 10.2 Å². The maximum absolute atomic E-state index is 12.6. The van der Waals surface area contributed by atoms with Crippen molar-refractivity contribution in [1.29, 1.82) is 0 Å². The van der Waals surface area contributed by atoms with Crippen LogP contribution in [0.5, 0.6) is 5.75 Å². The molecule has 3 amide bonds. The lowest BCUT2D eigenvalue weighted by atomic mass is 10.1. The standard InChI is InChI=1S/C17H25N3O3/c1-5-23-15-8-6-14(7-9-15)20-11-10-19(13(4)16(20)21)17(22)18-12(2)3/h6-9,12-13H,5,10-11H2,1-4H3,(H,18,22). The van der Waals surface area contributed by atoms with Crippen LogP contribution in [0.15, 0.2) is 24.3 Å². The third kappa shape index (κ3) is 3.94. The summed E-state index contributed by atoms with van der Waals surface area (Å²) in [7, 11) is 0. The number of nitrogens with zero attached hydrogens (tertiary/aromatic N) is 2. The average molecular weight is 319 g/mol. The molecule has 6 heteroatoms. The number of nitrogens with one attached hydrogen (secondary N) is 1. The molecule has 1 atom stereocenters. The first-order valence-electron chi connectivity index (χ1n) is 8.05. The molecule has 0 saturated carbocycles. The van der Waals surface area contributed by atoms with Gasteiger partial charge in [-0.2, -0.15) is 0 Å². The molecule has 6 nitrogen and oxygen atoms in total. The molecule has 1 unspecified atom stereocenters. The van der Waals surface area contributed by atoms with E-state index >= 15 is 0 Å². The van der Waals surface area contributed by atoms with E-state index in [4.69, 9.17) is 4.74 Å². The number of hydrogen-bond donors (Lipinski definition) is 1. The normalized spacial score (nSPS) is 18.3. The molecule has 126 valence electrons. The Labute approximate surface area is 137 Å². The van der Waals surface area contributed by atoms with Crippen molar-refractivity contribution in [3.63, 3.8) is 0 Å². The van der Waals surface area contributed by atoms with Gasteiger partial charge in [0.1, 0.15) is 11.8 Å². The summed E-state index contributed by atoms with van der Waals surface area (Å²) >= 11 is 0. The van der Waals surface area contributed by atoms with Gasteiger partial charge in [-0.15, -0.1) is 0 Å². The highest BCUT2D eigenvalue weighted by Crippen LogP contribution is 2.23. The Hall–Kier alpha value is -2.24. The first kappa shape index (κ1) is 17.1. The Balaban J connectivity index is 2.07. The van der Waals surface area contributed by atoms with E-state index in [1.165, 1.54) is 0 Å². The Morgan fingerprint density at radius 3 is 2.52 bits per heavy atom. The molecule has 1 aliphatic rings. The molecule has 0 radical (unpaired) electrons. The molecule has 0 aliphatic carbocycles. The minimum Gasteiger partial charge on any atom is -0.494 e. The van der Waals surface area contributed by atoms with Gasteiger partial charge in [-0.3, -0.25) is 4.79 Å². The van der Waals surface area contributed by atoms with Crippen LogP contribution < -0.4 is 15.0 Å². The predicted molar refractivity (Wildman–Crippen MR) is 89.8 cm³/mol. The van der Waals surface area contributed by atoms with Gasteiger partial charge in [0.2, 0.25) is 5.91 Å². The van der Waals surface area contributed by atoms with Crippen LogP contribution in [0, 0.1) is 0 Å². The molecule has 1 fully saturated rings. The molecular weight excluding hydrogens is 294 g/mol. The first-order chi connectivity index (χ1) is 10.9. The van der Waals surface area contributed by atoms with Gasteiger partial charge in [-0.1, -0.05) is 0 Å². The van der Waals surface area contributed by atoms with Crippen LogP contribution in [-0.4, -0.2) is 48.6 Å². The topological polar surface area (TPSA) is 61.9 Å². The number of ether oxygens (including phenoxy) is 1. The monoisotopic (exact) mass is 319 g/mol. The van der Waals surface area contributed by atoms with E-state index in [1.54, 1.807) is 16.7 Å². The number of anilines is 1. The van der Waals surface area contributed by atoms with E-state index in [0.29, 0.717) is 19.7 Å². The fourth-order valence-corrected chi connectivity index (χ4v) is 2.62. The van der Waals surface area contributed by atoms with Gasteiger partial charge in [-0.05, 0) is 52.0 Å². The van der Waals surface area contributed by atoms with E-state index < -0.39 is 6.04 Å². The number of piperazine rings is 1. The maximum Gasteiger partial charge on any atom is 0.318 e. The summed E-state index contributed by atoms with van der Waals surface area (Å²) in [6.07, 6.45) is 0. The third-order valence-corrected chi connectivity index (χ3v) is 3.79. The Morgan fingerprint density at radius 1 is 1.30 bits per heavy atom. The number of benzene rings is 1. The highest BCUT2D eigenvalue weighted by atomic mass is 16.5. The van der Waals surface area contributed by atoms with Crippen LogP contribution in [0.1, 0.15) is 27.7 Å². The molecule has 1 aromatic rings. The molecule has 2 rings (SSSR count). The van der Waals surface area contributed by atoms with E-state index in [0.717, 1.165) is 11.4 Å². The van der Waals surface area contributed by atoms with Gasteiger partial charge in [0.05, 0.1) is 6.61 Å². The molecule has 23 heavy (non-hydrogen) atoms. The third-order valence-electron chi connectivity index (χ3n) is 3.79. The first-order valence-corrected chi connectivity index (χ1v) is 8.05. The Bertz CT molecular complexity index is 557. The van der Waals surface area contributed by atoms with Crippen LogP contribution in [0.2, 0.25) is 0 Å². The molecule has 1 N–H and O–H groups in total. The highest BCUT2D eigenvalue weighted by Gasteiger charge is 2.35. The molecule has 1 aliphatic heterocycles. The molecule has 1 heterocycles. The summed E-state index contributed by atoms with van der Waals surface area (Å²) in [4.78, 5) is 28.1. The lowest BCUT2D eigenvalue weighted by molar-refractivity contribution is -0.124. The van der Waals surface area contributed by atoms with E-state index in [1.807, 2.05) is 45.0 Å². The second-order valence-corrected chi connectivity index (χ2v) is 5.89. The van der Waals surface area contributed by atoms with Crippen molar-refractivity contribution in [2.45, 2.75) is 39.8 Å². The number of rotatable bonds is 4. The highest BCUT2D eigenvalue weighted by molar-refractivity contribution is 6.00. The zero-order valence-corrected chi connectivity index (χ0v) is 14.2. The zero-order valence-electron chi connectivity index (χ0n) is 14.2. The van der Waals surface area contributed by atoms with Gasteiger partial charge >= 0.3 is 6.03 Å². The summed E-state index contributed by atoms with van der Waals surface area (Å²) < 4.78 is 5.42. The van der Waals surface area contributed by atoms with Gasteiger partial charge in [0.15, 0.2) is 0 Å². The number of urea groups is 1. The maximum atomic E-state index is 12.6. The van der Waals surface area contributed by atoms with Gasteiger partial charge in [0, 0.05) is 24.8 Å². The molecule has 1 saturated heterocycles. The fraction of sp³-hybridized carbons (Fsp3) is 0.529. The number of amides is 3. The molecule has 1 aromatic carbocycles. The number of carbonyl (C=O) groups is 2.